The highest BCUT2D eigenvalue weighted by Gasteiger charge is 2.11. The molecule has 1 amide bonds. The van der Waals surface area contributed by atoms with Gasteiger partial charge in [-0.15, -0.1) is 0 Å². The Morgan fingerprint density at radius 3 is 2.76 bits per heavy atom. The van der Waals surface area contributed by atoms with Gasteiger partial charge in [0.15, 0.2) is 0 Å². The van der Waals surface area contributed by atoms with Crippen molar-refractivity contribution in [3.63, 3.8) is 0 Å². The Labute approximate surface area is 100 Å². The Hall–Kier alpha value is -1.62. The van der Waals surface area contributed by atoms with E-state index in [4.69, 9.17) is 5.11 Å². The van der Waals surface area contributed by atoms with Gasteiger partial charge < -0.3 is 15.0 Å². The van der Waals surface area contributed by atoms with Gasteiger partial charge in [-0.3, -0.25) is 9.59 Å². The molecule has 0 aliphatic rings. The number of rotatable bonds is 6. The number of aromatic nitrogens is 1. The van der Waals surface area contributed by atoms with Crippen molar-refractivity contribution in [3.05, 3.63) is 34.2 Å². The van der Waals surface area contributed by atoms with Crippen LogP contribution < -0.4 is 5.56 Å². The third-order valence-electron chi connectivity index (χ3n) is 2.50. The fraction of sp³-hybridized carbons (Fsp3) is 0.500. The minimum absolute atomic E-state index is 0.184. The standard InChI is InChI=1S/C12H18N2O3/c1-14(8-3-2-4-9-15)12(17)10-6-5-7-11(16)13-10/h5-7,15H,2-4,8-9H2,1H3,(H,13,16). The Kier molecular flexibility index (Phi) is 5.42. The number of nitrogens with one attached hydrogen (secondary N) is 1. The molecule has 0 saturated carbocycles. The van der Waals surface area contributed by atoms with Gasteiger partial charge in [0.1, 0.15) is 5.69 Å². The van der Waals surface area contributed by atoms with Gasteiger partial charge in [-0.25, -0.2) is 0 Å². The van der Waals surface area contributed by atoms with Crippen LogP contribution >= 0.6 is 0 Å². The molecule has 0 atom stereocenters. The predicted molar refractivity (Wildman–Crippen MR) is 65.0 cm³/mol. The first kappa shape index (κ1) is 13.4. The highest BCUT2D eigenvalue weighted by atomic mass is 16.3. The Balaban J connectivity index is 2.49. The zero-order chi connectivity index (χ0) is 12.7. The number of carbonyl (C=O) groups is 1. The minimum atomic E-state index is -0.274. The van der Waals surface area contributed by atoms with Crippen molar-refractivity contribution in [2.24, 2.45) is 0 Å². The molecule has 17 heavy (non-hydrogen) atoms. The lowest BCUT2D eigenvalue weighted by Gasteiger charge is -2.16. The number of amides is 1. The van der Waals surface area contributed by atoms with E-state index in [0.29, 0.717) is 12.2 Å². The van der Waals surface area contributed by atoms with E-state index in [1.807, 2.05) is 0 Å². The molecule has 2 N–H and O–H groups in total. The largest absolute Gasteiger partial charge is 0.396 e. The molecule has 0 aliphatic carbocycles. The van der Waals surface area contributed by atoms with E-state index >= 15 is 0 Å². The molecule has 0 unspecified atom stereocenters. The molecule has 0 spiro atoms. The molecule has 0 aromatic carbocycles. The van der Waals surface area contributed by atoms with E-state index in [2.05, 4.69) is 4.98 Å². The van der Waals surface area contributed by atoms with Crippen molar-refractivity contribution in [1.29, 1.82) is 0 Å². The maximum absolute atomic E-state index is 11.9. The summed E-state index contributed by atoms with van der Waals surface area (Å²) in [5.74, 6) is -0.188. The average Bonchev–Trinajstić information content (AvgIpc) is 2.33. The summed E-state index contributed by atoms with van der Waals surface area (Å²) in [6, 6.07) is 4.53. The van der Waals surface area contributed by atoms with Crippen LogP contribution in [0, 0.1) is 0 Å². The van der Waals surface area contributed by atoms with E-state index in [0.717, 1.165) is 19.3 Å². The number of H-pyrrole nitrogens is 1. The molecule has 0 bridgehead atoms. The summed E-state index contributed by atoms with van der Waals surface area (Å²) in [5.41, 5.74) is 0.0340. The van der Waals surface area contributed by atoms with Crippen LogP contribution in [0.1, 0.15) is 29.8 Å². The monoisotopic (exact) mass is 238 g/mol. The molecular weight excluding hydrogens is 220 g/mol. The van der Waals surface area contributed by atoms with Crippen molar-refractivity contribution in [2.45, 2.75) is 19.3 Å². The maximum atomic E-state index is 11.9. The Morgan fingerprint density at radius 1 is 1.35 bits per heavy atom. The first-order chi connectivity index (χ1) is 8.15. The number of aliphatic hydroxyl groups excluding tert-OH is 1. The SMILES string of the molecule is CN(CCCCCO)C(=O)c1cccc(=O)[nH]1. The summed E-state index contributed by atoms with van der Waals surface area (Å²) in [6.07, 6.45) is 2.49. The van der Waals surface area contributed by atoms with Gasteiger partial charge >= 0.3 is 0 Å². The molecule has 5 heteroatoms. The predicted octanol–water partition coefficient (Wildman–Crippen LogP) is 0.610. The highest BCUT2D eigenvalue weighted by molar-refractivity contribution is 5.91. The number of aliphatic hydroxyl groups is 1. The van der Waals surface area contributed by atoms with E-state index < -0.39 is 0 Å². The van der Waals surface area contributed by atoms with Crippen LogP contribution in [0.5, 0.6) is 0 Å². The number of hydrogen-bond acceptors (Lipinski definition) is 3. The van der Waals surface area contributed by atoms with Gasteiger partial charge in [-0.1, -0.05) is 6.07 Å². The molecular formula is C12H18N2O3. The molecule has 0 aliphatic heterocycles. The number of aromatic amines is 1. The third kappa shape index (κ3) is 4.40. The van der Waals surface area contributed by atoms with Crippen molar-refractivity contribution in [3.8, 4) is 0 Å². The second kappa shape index (κ2) is 6.85. The van der Waals surface area contributed by atoms with Crippen molar-refractivity contribution in [2.75, 3.05) is 20.2 Å². The van der Waals surface area contributed by atoms with Crippen LogP contribution in [0.4, 0.5) is 0 Å². The third-order valence-corrected chi connectivity index (χ3v) is 2.50. The summed E-state index contributed by atoms with van der Waals surface area (Å²) in [5, 5.41) is 8.63. The van der Waals surface area contributed by atoms with Crippen LogP contribution in [-0.2, 0) is 0 Å². The second-order valence-corrected chi connectivity index (χ2v) is 3.94. The normalized spacial score (nSPS) is 10.2. The molecule has 1 heterocycles. The molecule has 5 nitrogen and oxygen atoms in total. The topological polar surface area (TPSA) is 73.4 Å². The van der Waals surface area contributed by atoms with Gasteiger partial charge in [0.05, 0.1) is 0 Å². The lowest BCUT2D eigenvalue weighted by Crippen LogP contribution is -2.29. The molecule has 1 aromatic heterocycles. The Morgan fingerprint density at radius 2 is 2.12 bits per heavy atom. The molecule has 1 aromatic rings. The fourth-order valence-corrected chi connectivity index (χ4v) is 1.52. The zero-order valence-corrected chi connectivity index (χ0v) is 9.98. The number of hydrogen-bond donors (Lipinski definition) is 2. The van der Waals surface area contributed by atoms with E-state index in [9.17, 15) is 9.59 Å². The number of carbonyl (C=O) groups excluding carboxylic acids is 1. The number of unbranched alkanes of at least 4 members (excludes halogenated alkanes) is 2. The average molecular weight is 238 g/mol. The van der Waals surface area contributed by atoms with Gasteiger partial charge in [0.25, 0.3) is 5.91 Å². The molecule has 0 fully saturated rings. The van der Waals surface area contributed by atoms with Crippen LogP contribution in [0.15, 0.2) is 23.0 Å². The first-order valence-corrected chi connectivity index (χ1v) is 5.71. The van der Waals surface area contributed by atoms with Crippen LogP contribution in [0.3, 0.4) is 0 Å². The van der Waals surface area contributed by atoms with Gasteiger partial charge in [-0.05, 0) is 25.3 Å². The zero-order valence-electron chi connectivity index (χ0n) is 9.98. The summed E-state index contributed by atoms with van der Waals surface area (Å²) in [4.78, 5) is 27.0. The smallest absolute Gasteiger partial charge is 0.270 e. The van der Waals surface area contributed by atoms with Gasteiger partial charge in [-0.2, -0.15) is 0 Å². The maximum Gasteiger partial charge on any atom is 0.270 e. The summed E-state index contributed by atoms with van der Waals surface area (Å²) in [7, 11) is 1.70. The van der Waals surface area contributed by atoms with E-state index in [-0.39, 0.29) is 18.1 Å². The summed E-state index contributed by atoms with van der Waals surface area (Å²) < 4.78 is 0. The summed E-state index contributed by atoms with van der Waals surface area (Å²) in [6.45, 7) is 0.805. The van der Waals surface area contributed by atoms with Gasteiger partial charge in [0, 0.05) is 26.3 Å². The molecule has 0 saturated heterocycles. The molecule has 94 valence electrons. The van der Waals surface area contributed by atoms with Crippen molar-refractivity contribution >= 4 is 5.91 Å². The van der Waals surface area contributed by atoms with E-state index in [1.54, 1.807) is 24.1 Å². The lowest BCUT2D eigenvalue weighted by atomic mass is 10.2. The number of pyridine rings is 1. The Bertz CT molecular complexity index is 414. The van der Waals surface area contributed by atoms with Crippen LogP contribution in [0.25, 0.3) is 0 Å². The van der Waals surface area contributed by atoms with Gasteiger partial charge in [0.2, 0.25) is 5.56 Å². The van der Waals surface area contributed by atoms with Crippen LogP contribution in [0.2, 0.25) is 0 Å². The van der Waals surface area contributed by atoms with Crippen molar-refractivity contribution in [1.82, 2.24) is 9.88 Å². The minimum Gasteiger partial charge on any atom is -0.396 e. The molecule has 0 radical (unpaired) electrons. The van der Waals surface area contributed by atoms with Crippen molar-refractivity contribution < 1.29 is 9.90 Å². The quantitative estimate of drug-likeness (QED) is 0.713. The van der Waals surface area contributed by atoms with Crippen LogP contribution in [-0.4, -0.2) is 41.1 Å². The second-order valence-electron chi connectivity index (χ2n) is 3.94. The fourth-order valence-electron chi connectivity index (χ4n) is 1.52. The lowest BCUT2D eigenvalue weighted by molar-refractivity contribution is 0.0786. The molecule has 1 rings (SSSR count). The summed E-state index contributed by atoms with van der Waals surface area (Å²) >= 11 is 0. The first-order valence-electron chi connectivity index (χ1n) is 5.71. The highest BCUT2D eigenvalue weighted by Crippen LogP contribution is 2.01. The van der Waals surface area contributed by atoms with E-state index in [1.165, 1.54) is 6.07 Å². The number of nitrogens with zero attached hydrogens (tertiary/aromatic N) is 1.